The quantitative estimate of drug-likeness (QED) is 0.822. The van der Waals surface area contributed by atoms with Gasteiger partial charge in [0.05, 0.1) is 13.2 Å². The van der Waals surface area contributed by atoms with Crippen LogP contribution in [0.4, 0.5) is 5.69 Å². The Morgan fingerprint density at radius 1 is 1.07 bits per heavy atom. The predicted octanol–water partition coefficient (Wildman–Crippen LogP) is 1.40. The fraction of sp³-hybridized carbons (Fsp3) is 0.526. The molecule has 8 nitrogen and oxygen atoms in total. The van der Waals surface area contributed by atoms with Crippen LogP contribution in [0.1, 0.15) is 23.5 Å². The zero-order valence-electron chi connectivity index (χ0n) is 15.4. The molecule has 0 radical (unpaired) electrons. The van der Waals surface area contributed by atoms with E-state index in [1.165, 1.54) is 12.8 Å². The van der Waals surface area contributed by atoms with Gasteiger partial charge in [0.1, 0.15) is 0 Å². The topological polar surface area (TPSA) is 83.7 Å². The lowest BCUT2D eigenvalue weighted by atomic mass is 10.2. The normalized spacial score (nSPS) is 18.0. The molecule has 4 rings (SSSR count). The molecule has 2 fully saturated rings. The van der Waals surface area contributed by atoms with Crippen LogP contribution in [0.15, 0.2) is 28.8 Å². The summed E-state index contributed by atoms with van der Waals surface area (Å²) in [6.45, 7) is 6.96. The number of carbonyl (C=O) groups is 1. The summed E-state index contributed by atoms with van der Waals surface area (Å²) in [5, 5.41) is 6.79. The number of anilines is 1. The van der Waals surface area contributed by atoms with E-state index in [1.807, 2.05) is 24.3 Å². The van der Waals surface area contributed by atoms with Crippen molar-refractivity contribution in [3.05, 3.63) is 30.2 Å². The minimum absolute atomic E-state index is 0.00341. The lowest BCUT2D eigenvalue weighted by Gasteiger charge is -2.28. The molecule has 0 unspecified atom stereocenters. The van der Waals surface area contributed by atoms with Gasteiger partial charge >= 0.3 is 11.8 Å². The zero-order chi connectivity index (χ0) is 18.5. The van der Waals surface area contributed by atoms with Crippen LogP contribution in [0.2, 0.25) is 0 Å². The molecule has 144 valence electrons. The van der Waals surface area contributed by atoms with Crippen LogP contribution in [0.3, 0.4) is 0 Å². The van der Waals surface area contributed by atoms with Gasteiger partial charge in [0, 0.05) is 37.4 Å². The Kier molecular flexibility index (Phi) is 5.64. The second kappa shape index (κ2) is 8.49. The highest BCUT2D eigenvalue weighted by atomic mass is 16.5. The van der Waals surface area contributed by atoms with Crippen molar-refractivity contribution in [2.24, 2.45) is 0 Å². The first-order valence-corrected chi connectivity index (χ1v) is 9.57. The number of carbonyl (C=O) groups excluding carboxylic acids is 1. The second-order valence-corrected chi connectivity index (χ2v) is 6.87. The highest BCUT2D eigenvalue weighted by Gasteiger charge is 2.17. The van der Waals surface area contributed by atoms with Gasteiger partial charge in [-0.25, -0.2) is 0 Å². The van der Waals surface area contributed by atoms with Crippen molar-refractivity contribution in [3.63, 3.8) is 0 Å². The highest BCUT2D eigenvalue weighted by molar-refractivity contribution is 5.89. The molecule has 1 aromatic carbocycles. The number of nitrogens with zero attached hydrogens (tertiary/aromatic N) is 4. The molecule has 1 N–H and O–H groups in total. The standard InChI is InChI=1S/C19H25N5O3/c25-18(20-7-10-23-8-1-2-9-23)19-21-17(22-27-19)15-3-5-16(6-4-15)24-11-13-26-14-12-24/h3-6H,1-2,7-14H2,(H,20,25). The first-order valence-electron chi connectivity index (χ1n) is 9.57. The number of aromatic nitrogens is 2. The van der Waals surface area contributed by atoms with Gasteiger partial charge in [-0.1, -0.05) is 5.16 Å². The van der Waals surface area contributed by atoms with E-state index in [2.05, 4.69) is 25.3 Å². The third-order valence-corrected chi connectivity index (χ3v) is 5.03. The van der Waals surface area contributed by atoms with Crippen LogP contribution < -0.4 is 10.2 Å². The first kappa shape index (κ1) is 17.9. The largest absolute Gasteiger partial charge is 0.378 e. The van der Waals surface area contributed by atoms with Gasteiger partial charge in [0.2, 0.25) is 5.82 Å². The molecule has 2 aliphatic rings. The molecule has 1 aromatic heterocycles. The smallest absolute Gasteiger partial charge is 0.316 e. The van der Waals surface area contributed by atoms with Crippen LogP contribution in [-0.4, -0.2) is 73.4 Å². The Bertz CT molecular complexity index is 749. The third kappa shape index (κ3) is 4.45. The van der Waals surface area contributed by atoms with E-state index < -0.39 is 0 Å². The molecule has 0 bridgehead atoms. The van der Waals surface area contributed by atoms with E-state index in [0.29, 0.717) is 12.4 Å². The maximum absolute atomic E-state index is 12.2. The van der Waals surface area contributed by atoms with Crippen LogP contribution in [-0.2, 0) is 4.74 Å². The summed E-state index contributed by atoms with van der Waals surface area (Å²) in [4.78, 5) is 21.0. The SMILES string of the molecule is O=C(NCCN1CCCC1)c1nc(-c2ccc(N3CCOCC3)cc2)no1. The summed E-state index contributed by atoms with van der Waals surface area (Å²) in [6.07, 6.45) is 2.48. The monoisotopic (exact) mass is 371 g/mol. The molecular formula is C19H25N5O3. The molecule has 2 aliphatic heterocycles. The number of hydrogen-bond acceptors (Lipinski definition) is 7. The fourth-order valence-electron chi connectivity index (χ4n) is 3.49. The van der Waals surface area contributed by atoms with Gasteiger partial charge in [-0.2, -0.15) is 4.98 Å². The lowest BCUT2D eigenvalue weighted by Crippen LogP contribution is -2.36. The van der Waals surface area contributed by atoms with Gasteiger partial charge in [-0.05, 0) is 50.2 Å². The van der Waals surface area contributed by atoms with Crippen molar-refractivity contribution < 1.29 is 14.1 Å². The van der Waals surface area contributed by atoms with Gasteiger partial charge in [-0.3, -0.25) is 4.79 Å². The summed E-state index contributed by atoms with van der Waals surface area (Å²) in [5.74, 6) is 0.106. The van der Waals surface area contributed by atoms with Crippen molar-refractivity contribution >= 4 is 11.6 Å². The lowest BCUT2D eigenvalue weighted by molar-refractivity contribution is 0.0906. The molecule has 2 saturated heterocycles. The van der Waals surface area contributed by atoms with Gasteiger partial charge < -0.3 is 24.4 Å². The Hall–Kier alpha value is -2.45. The number of nitrogens with one attached hydrogen (secondary N) is 1. The van der Waals surface area contributed by atoms with Crippen LogP contribution >= 0.6 is 0 Å². The third-order valence-electron chi connectivity index (χ3n) is 5.03. The van der Waals surface area contributed by atoms with Crippen molar-refractivity contribution in [1.29, 1.82) is 0 Å². The van der Waals surface area contributed by atoms with Crippen molar-refractivity contribution in [1.82, 2.24) is 20.4 Å². The Labute approximate surface area is 158 Å². The molecule has 1 amide bonds. The number of likely N-dealkylation sites (tertiary alicyclic amines) is 1. The van der Waals surface area contributed by atoms with Crippen molar-refractivity contribution in [2.45, 2.75) is 12.8 Å². The maximum atomic E-state index is 12.2. The molecule has 8 heteroatoms. The number of amides is 1. The minimum atomic E-state index is -0.321. The van der Waals surface area contributed by atoms with Crippen LogP contribution in [0.25, 0.3) is 11.4 Å². The molecule has 3 heterocycles. The molecule has 0 atom stereocenters. The Morgan fingerprint density at radius 2 is 1.81 bits per heavy atom. The van der Waals surface area contributed by atoms with E-state index in [1.54, 1.807) is 0 Å². The second-order valence-electron chi connectivity index (χ2n) is 6.87. The van der Waals surface area contributed by atoms with Gasteiger partial charge in [0.15, 0.2) is 0 Å². The molecular weight excluding hydrogens is 346 g/mol. The molecule has 0 aliphatic carbocycles. The first-order chi connectivity index (χ1) is 13.3. The summed E-state index contributed by atoms with van der Waals surface area (Å²) in [6, 6.07) is 7.97. The Balaban J connectivity index is 1.33. The summed E-state index contributed by atoms with van der Waals surface area (Å²) in [5.41, 5.74) is 1.97. The van der Waals surface area contributed by atoms with Gasteiger partial charge in [0.25, 0.3) is 0 Å². The van der Waals surface area contributed by atoms with E-state index in [0.717, 1.165) is 57.2 Å². The van der Waals surface area contributed by atoms with Gasteiger partial charge in [-0.15, -0.1) is 0 Å². The van der Waals surface area contributed by atoms with Crippen LogP contribution in [0.5, 0.6) is 0 Å². The fourth-order valence-corrected chi connectivity index (χ4v) is 3.49. The highest BCUT2D eigenvalue weighted by Crippen LogP contribution is 2.22. The van der Waals surface area contributed by atoms with E-state index in [9.17, 15) is 4.79 Å². The molecule has 2 aromatic rings. The van der Waals surface area contributed by atoms with E-state index >= 15 is 0 Å². The summed E-state index contributed by atoms with van der Waals surface area (Å²) < 4.78 is 10.5. The summed E-state index contributed by atoms with van der Waals surface area (Å²) >= 11 is 0. The molecule has 27 heavy (non-hydrogen) atoms. The minimum Gasteiger partial charge on any atom is -0.378 e. The Morgan fingerprint density at radius 3 is 2.56 bits per heavy atom. The zero-order valence-corrected chi connectivity index (χ0v) is 15.4. The van der Waals surface area contributed by atoms with Crippen molar-refractivity contribution in [2.75, 3.05) is 57.4 Å². The number of rotatable bonds is 6. The van der Waals surface area contributed by atoms with Crippen LogP contribution in [0, 0.1) is 0 Å². The predicted molar refractivity (Wildman–Crippen MR) is 101 cm³/mol. The summed E-state index contributed by atoms with van der Waals surface area (Å²) in [7, 11) is 0. The average molecular weight is 371 g/mol. The number of hydrogen-bond donors (Lipinski definition) is 1. The maximum Gasteiger partial charge on any atom is 0.316 e. The van der Waals surface area contributed by atoms with Crippen molar-refractivity contribution in [3.8, 4) is 11.4 Å². The number of benzene rings is 1. The van der Waals surface area contributed by atoms with E-state index in [-0.39, 0.29) is 11.8 Å². The molecule has 0 saturated carbocycles. The van der Waals surface area contributed by atoms with E-state index in [4.69, 9.17) is 9.26 Å². The average Bonchev–Trinajstić information content (AvgIpc) is 3.41. The molecule has 0 spiro atoms. The number of morpholine rings is 1. The number of ether oxygens (including phenoxy) is 1.